The van der Waals surface area contributed by atoms with Crippen molar-refractivity contribution in [2.75, 3.05) is 6.61 Å². The molecule has 1 aromatic rings. The quantitative estimate of drug-likeness (QED) is 0.618. The lowest BCUT2D eigenvalue weighted by Crippen LogP contribution is -2.58. The summed E-state index contributed by atoms with van der Waals surface area (Å²) in [4.78, 5) is 5.85. The molecule has 2 rings (SSSR count). The van der Waals surface area contributed by atoms with Gasteiger partial charge in [0.05, 0.1) is 4.90 Å². The maximum absolute atomic E-state index is 11.2. The average Bonchev–Trinajstić information content (AvgIpc) is 2.51. The van der Waals surface area contributed by atoms with Gasteiger partial charge in [0.25, 0.3) is 10.1 Å². The van der Waals surface area contributed by atoms with Crippen molar-refractivity contribution in [1.29, 1.82) is 0 Å². The SMILES string of the molecule is CC1(C)CCCC(C)(C)N1OC(COS(=O)(=O)O)c1ccc(S(=O)(=O)O)cc1. The molecule has 28 heavy (non-hydrogen) atoms. The van der Waals surface area contributed by atoms with Gasteiger partial charge in [-0.15, -0.1) is 0 Å². The van der Waals surface area contributed by atoms with Gasteiger partial charge in [0.2, 0.25) is 0 Å². The van der Waals surface area contributed by atoms with Gasteiger partial charge in [0.1, 0.15) is 12.7 Å². The first-order chi connectivity index (χ1) is 12.6. The molecule has 1 atom stereocenters. The lowest BCUT2D eigenvalue weighted by Gasteiger charge is -2.52. The Morgan fingerprint density at radius 2 is 1.50 bits per heavy atom. The fraction of sp³-hybridized carbons (Fsp3) is 0.647. The smallest absolute Gasteiger partial charge is 0.287 e. The molecule has 1 heterocycles. The van der Waals surface area contributed by atoms with E-state index in [2.05, 4.69) is 4.18 Å². The molecular formula is C17H27NO8S2. The lowest BCUT2D eigenvalue weighted by molar-refractivity contribution is -0.310. The molecule has 0 spiro atoms. The number of rotatable bonds is 7. The van der Waals surface area contributed by atoms with E-state index < -0.39 is 33.2 Å². The molecule has 0 radical (unpaired) electrons. The van der Waals surface area contributed by atoms with Crippen LogP contribution in [0, 0.1) is 0 Å². The fourth-order valence-corrected chi connectivity index (χ4v) is 4.35. The monoisotopic (exact) mass is 437 g/mol. The molecule has 1 aromatic carbocycles. The van der Waals surface area contributed by atoms with E-state index in [1.54, 1.807) is 5.06 Å². The highest BCUT2D eigenvalue weighted by molar-refractivity contribution is 7.85. The molecule has 11 heteroatoms. The predicted molar refractivity (Wildman–Crippen MR) is 101 cm³/mol. The molecule has 2 N–H and O–H groups in total. The zero-order valence-electron chi connectivity index (χ0n) is 16.3. The Morgan fingerprint density at radius 1 is 1.00 bits per heavy atom. The van der Waals surface area contributed by atoms with Crippen molar-refractivity contribution >= 4 is 20.5 Å². The number of benzene rings is 1. The van der Waals surface area contributed by atoms with Crippen molar-refractivity contribution in [2.24, 2.45) is 0 Å². The van der Waals surface area contributed by atoms with Gasteiger partial charge in [-0.2, -0.15) is 21.9 Å². The van der Waals surface area contributed by atoms with Crippen LogP contribution in [0.25, 0.3) is 0 Å². The van der Waals surface area contributed by atoms with E-state index in [-0.39, 0.29) is 16.0 Å². The standard InChI is InChI=1S/C17H27NO8S2/c1-16(2)10-5-11-17(3,4)18(16)26-15(12-25-28(22,23)24)13-6-8-14(9-7-13)27(19,20)21/h6-9,15H,5,10-12H2,1-4H3,(H,19,20,21)(H,22,23,24). The summed E-state index contributed by atoms with van der Waals surface area (Å²) in [5.74, 6) is 0. The first-order valence-corrected chi connectivity index (χ1v) is 11.6. The van der Waals surface area contributed by atoms with E-state index in [1.807, 2.05) is 27.7 Å². The fourth-order valence-electron chi connectivity index (χ4n) is 3.58. The van der Waals surface area contributed by atoms with Crippen LogP contribution in [0.5, 0.6) is 0 Å². The molecule has 0 saturated carbocycles. The van der Waals surface area contributed by atoms with E-state index in [9.17, 15) is 16.8 Å². The first-order valence-electron chi connectivity index (χ1n) is 8.78. The molecule has 0 amide bonds. The van der Waals surface area contributed by atoms with Crippen molar-refractivity contribution in [2.45, 2.75) is 69.0 Å². The van der Waals surface area contributed by atoms with Crippen LogP contribution in [0.3, 0.4) is 0 Å². The van der Waals surface area contributed by atoms with Crippen molar-refractivity contribution < 1.29 is 35.0 Å². The van der Waals surface area contributed by atoms with Gasteiger partial charge >= 0.3 is 10.4 Å². The summed E-state index contributed by atoms with van der Waals surface area (Å²) >= 11 is 0. The zero-order chi connectivity index (χ0) is 21.4. The molecule has 0 bridgehead atoms. The van der Waals surface area contributed by atoms with Gasteiger partial charge in [-0.05, 0) is 64.7 Å². The van der Waals surface area contributed by atoms with E-state index in [1.165, 1.54) is 24.3 Å². The largest absolute Gasteiger partial charge is 0.397 e. The van der Waals surface area contributed by atoms with E-state index in [0.717, 1.165) is 19.3 Å². The molecule has 1 saturated heterocycles. The summed E-state index contributed by atoms with van der Waals surface area (Å²) in [5.41, 5.74) is -0.257. The van der Waals surface area contributed by atoms with Crippen LogP contribution >= 0.6 is 0 Å². The second kappa shape index (κ2) is 7.98. The van der Waals surface area contributed by atoms with Crippen molar-refractivity contribution in [3.05, 3.63) is 29.8 Å². The second-order valence-electron chi connectivity index (χ2n) is 8.12. The number of hydrogen-bond donors (Lipinski definition) is 2. The molecule has 1 aliphatic rings. The van der Waals surface area contributed by atoms with Crippen molar-refractivity contribution in [1.82, 2.24) is 5.06 Å². The summed E-state index contributed by atoms with van der Waals surface area (Å²) in [5, 5.41) is 1.80. The predicted octanol–water partition coefficient (Wildman–Crippen LogP) is 2.77. The zero-order valence-corrected chi connectivity index (χ0v) is 18.0. The Morgan fingerprint density at radius 3 is 1.93 bits per heavy atom. The third-order valence-corrected chi connectivity index (χ3v) is 6.13. The molecule has 9 nitrogen and oxygen atoms in total. The van der Waals surface area contributed by atoms with Gasteiger partial charge in [-0.1, -0.05) is 12.1 Å². The molecular weight excluding hydrogens is 410 g/mol. The number of hydrogen-bond acceptors (Lipinski definition) is 7. The molecule has 0 aliphatic carbocycles. The molecule has 160 valence electrons. The second-order valence-corrected chi connectivity index (χ2v) is 10.6. The lowest BCUT2D eigenvalue weighted by atomic mass is 9.82. The molecule has 1 fully saturated rings. The van der Waals surface area contributed by atoms with Crippen LogP contribution in [0.1, 0.15) is 58.6 Å². The maximum atomic E-state index is 11.2. The van der Waals surface area contributed by atoms with Crippen molar-refractivity contribution in [3.63, 3.8) is 0 Å². The van der Waals surface area contributed by atoms with E-state index >= 15 is 0 Å². The molecule has 0 aromatic heterocycles. The Bertz CT molecular complexity index is 876. The summed E-state index contributed by atoms with van der Waals surface area (Å²) in [6.07, 6.45) is 1.80. The third kappa shape index (κ3) is 5.96. The van der Waals surface area contributed by atoms with Gasteiger partial charge in [-0.25, -0.2) is 4.18 Å². The number of hydroxylamine groups is 2. The average molecular weight is 438 g/mol. The normalized spacial score (nSPS) is 21.4. The topological polar surface area (TPSA) is 130 Å². The van der Waals surface area contributed by atoms with Gasteiger partial charge in [-0.3, -0.25) is 13.9 Å². The highest BCUT2D eigenvalue weighted by atomic mass is 32.3. The Balaban J connectivity index is 2.36. The maximum Gasteiger partial charge on any atom is 0.397 e. The van der Waals surface area contributed by atoms with Gasteiger partial charge in [0, 0.05) is 11.1 Å². The Hall–Kier alpha value is -1.08. The van der Waals surface area contributed by atoms with Crippen LogP contribution in [-0.4, -0.2) is 48.7 Å². The Labute approximate surface area is 166 Å². The molecule has 1 unspecified atom stereocenters. The van der Waals surface area contributed by atoms with Crippen LogP contribution in [-0.2, 0) is 29.5 Å². The van der Waals surface area contributed by atoms with Gasteiger partial charge in [0.15, 0.2) is 0 Å². The highest BCUT2D eigenvalue weighted by Crippen LogP contribution is 2.40. The minimum Gasteiger partial charge on any atom is -0.287 e. The third-order valence-electron chi connectivity index (χ3n) is 4.83. The number of piperidine rings is 1. The minimum absolute atomic E-state index is 0.302. The van der Waals surface area contributed by atoms with E-state index in [4.69, 9.17) is 13.9 Å². The summed E-state index contributed by atoms with van der Waals surface area (Å²) in [6, 6.07) is 5.15. The summed E-state index contributed by atoms with van der Waals surface area (Å²) in [6.45, 7) is 7.53. The Kier molecular flexibility index (Phi) is 6.61. The summed E-state index contributed by atoms with van der Waals surface area (Å²) < 4.78 is 67.2. The first kappa shape index (κ1) is 23.2. The minimum atomic E-state index is -4.69. The van der Waals surface area contributed by atoms with Crippen LogP contribution in [0.15, 0.2) is 29.2 Å². The van der Waals surface area contributed by atoms with Gasteiger partial charge < -0.3 is 0 Å². The van der Waals surface area contributed by atoms with Crippen molar-refractivity contribution in [3.8, 4) is 0 Å². The summed E-state index contributed by atoms with van der Waals surface area (Å²) in [7, 11) is -9.05. The van der Waals surface area contributed by atoms with Crippen LogP contribution in [0.4, 0.5) is 0 Å². The molecule has 1 aliphatic heterocycles. The highest BCUT2D eigenvalue weighted by Gasteiger charge is 2.44. The van der Waals surface area contributed by atoms with E-state index in [0.29, 0.717) is 5.56 Å². The number of nitrogens with zero attached hydrogens (tertiary/aromatic N) is 1. The van der Waals surface area contributed by atoms with Crippen LogP contribution < -0.4 is 0 Å². The van der Waals surface area contributed by atoms with Crippen LogP contribution in [0.2, 0.25) is 0 Å².